The van der Waals surface area contributed by atoms with Crippen LogP contribution < -0.4 is 5.32 Å². The number of benzene rings is 1. The third-order valence-corrected chi connectivity index (χ3v) is 2.98. The molecule has 5 heteroatoms. The smallest absolute Gasteiger partial charge is 0.101 e. The maximum atomic E-state index is 8.79. The number of rotatable bonds is 4. The summed E-state index contributed by atoms with van der Waals surface area (Å²) < 4.78 is 1.93. The number of hydrogen-bond donors (Lipinski definition) is 1. The van der Waals surface area contributed by atoms with Crippen LogP contribution in [0.5, 0.6) is 0 Å². The first-order valence-electron chi connectivity index (χ1n) is 5.68. The molecule has 1 aromatic carbocycles. The Bertz CT molecular complexity index is 583. The molecular weight excluding hydrogens is 248 g/mol. The molecule has 92 valence electrons. The van der Waals surface area contributed by atoms with Crippen molar-refractivity contribution >= 4 is 17.3 Å². The molecule has 1 heterocycles. The van der Waals surface area contributed by atoms with Crippen molar-refractivity contribution in [2.75, 3.05) is 5.32 Å². The first-order valence-corrected chi connectivity index (χ1v) is 6.06. The van der Waals surface area contributed by atoms with Gasteiger partial charge in [0, 0.05) is 18.4 Å². The van der Waals surface area contributed by atoms with Crippen molar-refractivity contribution in [1.29, 1.82) is 5.26 Å². The highest BCUT2D eigenvalue weighted by Crippen LogP contribution is 2.20. The molecule has 2 aromatic rings. The Balaban J connectivity index is 2.07. The minimum atomic E-state index is 0.464. The minimum absolute atomic E-state index is 0.464. The number of anilines is 1. The summed E-state index contributed by atoms with van der Waals surface area (Å²) >= 11 is 5.97. The van der Waals surface area contributed by atoms with Crippen molar-refractivity contribution in [3.8, 4) is 6.07 Å². The van der Waals surface area contributed by atoms with E-state index in [4.69, 9.17) is 16.9 Å². The molecule has 0 saturated heterocycles. The lowest BCUT2D eigenvalue weighted by Gasteiger charge is -2.08. The second-order valence-corrected chi connectivity index (χ2v) is 4.21. The van der Waals surface area contributed by atoms with Gasteiger partial charge < -0.3 is 5.32 Å². The Labute approximate surface area is 111 Å². The van der Waals surface area contributed by atoms with Crippen molar-refractivity contribution < 1.29 is 0 Å². The lowest BCUT2D eigenvalue weighted by atomic mass is 10.2. The Morgan fingerprint density at radius 1 is 1.44 bits per heavy atom. The van der Waals surface area contributed by atoms with E-state index in [0.29, 0.717) is 17.1 Å². The molecule has 4 nitrogen and oxygen atoms in total. The summed E-state index contributed by atoms with van der Waals surface area (Å²) in [4.78, 5) is 0. The molecule has 0 radical (unpaired) electrons. The van der Waals surface area contributed by atoms with E-state index in [2.05, 4.69) is 17.3 Å². The molecule has 0 aliphatic carbocycles. The number of aryl methyl sites for hydroxylation is 1. The van der Waals surface area contributed by atoms with Crippen molar-refractivity contribution in [2.24, 2.45) is 0 Å². The molecule has 0 saturated carbocycles. The van der Waals surface area contributed by atoms with E-state index in [0.717, 1.165) is 17.9 Å². The van der Waals surface area contributed by atoms with E-state index in [1.54, 1.807) is 18.3 Å². The van der Waals surface area contributed by atoms with Gasteiger partial charge >= 0.3 is 0 Å². The van der Waals surface area contributed by atoms with Gasteiger partial charge in [-0.15, -0.1) is 0 Å². The second kappa shape index (κ2) is 5.56. The maximum absolute atomic E-state index is 8.79. The minimum Gasteiger partial charge on any atom is -0.379 e. The predicted molar refractivity (Wildman–Crippen MR) is 71.4 cm³/mol. The summed E-state index contributed by atoms with van der Waals surface area (Å²) in [5.41, 5.74) is 2.49. The molecule has 1 N–H and O–H groups in total. The van der Waals surface area contributed by atoms with Crippen LogP contribution >= 0.6 is 11.6 Å². The van der Waals surface area contributed by atoms with Gasteiger partial charge in [-0.1, -0.05) is 11.6 Å². The van der Waals surface area contributed by atoms with Crippen LogP contribution in [-0.4, -0.2) is 9.78 Å². The molecule has 0 spiro atoms. The van der Waals surface area contributed by atoms with Crippen LogP contribution in [0.4, 0.5) is 5.69 Å². The van der Waals surface area contributed by atoms with E-state index in [-0.39, 0.29) is 0 Å². The van der Waals surface area contributed by atoms with E-state index in [1.807, 2.05) is 22.9 Å². The van der Waals surface area contributed by atoms with E-state index < -0.39 is 0 Å². The number of halogens is 1. The van der Waals surface area contributed by atoms with Crippen molar-refractivity contribution in [3.05, 3.63) is 46.7 Å². The first-order chi connectivity index (χ1) is 8.74. The molecule has 0 bridgehead atoms. The average molecular weight is 261 g/mol. The first kappa shape index (κ1) is 12.5. The fourth-order valence-electron chi connectivity index (χ4n) is 1.70. The largest absolute Gasteiger partial charge is 0.379 e. The molecule has 0 aliphatic heterocycles. The van der Waals surface area contributed by atoms with Gasteiger partial charge in [-0.2, -0.15) is 10.4 Å². The Hall–Kier alpha value is -1.99. The molecule has 1 aromatic heterocycles. The summed E-state index contributed by atoms with van der Waals surface area (Å²) in [6.45, 7) is 3.57. The summed E-state index contributed by atoms with van der Waals surface area (Å²) in [7, 11) is 0. The monoisotopic (exact) mass is 260 g/mol. The van der Waals surface area contributed by atoms with Crippen LogP contribution in [0.25, 0.3) is 0 Å². The average Bonchev–Trinajstić information content (AvgIpc) is 2.84. The number of nitriles is 1. The quantitative estimate of drug-likeness (QED) is 0.919. The van der Waals surface area contributed by atoms with Gasteiger partial charge in [-0.3, -0.25) is 4.68 Å². The van der Waals surface area contributed by atoms with Crippen LogP contribution in [0, 0.1) is 11.3 Å². The van der Waals surface area contributed by atoms with Gasteiger partial charge in [0.15, 0.2) is 0 Å². The van der Waals surface area contributed by atoms with Crippen molar-refractivity contribution in [3.63, 3.8) is 0 Å². The lowest BCUT2D eigenvalue weighted by Crippen LogP contribution is -2.07. The third kappa shape index (κ3) is 2.63. The lowest BCUT2D eigenvalue weighted by molar-refractivity contribution is 0.627. The van der Waals surface area contributed by atoms with Gasteiger partial charge in [-0.05, 0) is 31.2 Å². The number of nitrogens with zero attached hydrogens (tertiary/aromatic N) is 3. The second-order valence-electron chi connectivity index (χ2n) is 3.80. The van der Waals surface area contributed by atoms with Gasteiger partial charge in [0.1, 0.15) is 6.07 Å². The highest BCUT2D eigenvalue weighted by atomic mass is 35.5. The molecular formula is C13H13ClN4. The fraction of sp³-hybridized carbons (Fsp3) is 0.231. The molecule has 0 aliphatic rings. The summed E-state index contributed by atoms with van der Waals surface area (Å²) in [6, 6.07) is 9.32. The Morgan fingerprint density at radius 3 is 2.94 bits per heavy atom. The molecule has 0 fully saturated rings. The van der Waals surface area contributed by atoms with Crippen LogP contribution in [0.1, 0.15) is 18.2 Å². The van der Waals surface area contributed by atoms with Crippen LogP contribution in [0.3, 0.4) is 0 Å². The molecule has 0 atom stereocenters. The summed E-state index contributed by atoms with van der Waals surface area (Å²) in [5.74, 6) is 0. The van der Waals surface area contributed by atoms with Gasteiger partial charge in [0.25, 0.3) is 0 Å². The Morgan fingerprint density at radius 2 is 2.28 bits per heavy atom. The fourth-order valence-corrected chi connectivity index (χ4v) is 1.93. The number of aromatic nitrogens is 2. The molecule has 0 amide bonds. The summed E-state index contributed by atoms with van der Waals surface area (Å²) in [6.07, 6.45) is 1.78. The topological polar surface area (TPSA) is 53.6 Å². The van der Waals surface area contributed by atoms with E-state index in [1.165, 1.54) is 0 Å². The van der Waals surface area contributed by atoms with Gasteiger partial charge in [0.2, 0.25) is 0 Å². The predicted octanol–water partition coefficient (Wildman–Crippen LogP) is 3.04. The highest BCUT2D eigenvalue weighted by molar-refractivity contribution is 6.32. The van der Waals surface area contributed by atoms with E-state index >= 15 is 0 Å². The van der Waals surface area contributed by atoms with Crippen LogP contribution in [0.2, 0.25) is 5.02 Å². The van der Waals surface area contributed by atoms with E-state index in [9.17, 15) is 0 Å². The zero-order chi connectivity index (χ0) is 13.0. The maximum Gasteiger partial charge on any atom is 0.101 e. The zero-order valence-electron chi connectivity index (χ0n) is 10.0. The molecule has 18 heavy (non-hydrogen) atoms. The number of hydrogen-bond acceptors (Lipinski definition) is 3. The normalized spacial score (nSPS) is 10.1. The zero-order valence-corrected chi connectivity index (χ0v) is 10.8. The van der Waals surface area contributed by atoms with Gasteiger partial charge in [-0.25, -0.2) is 0 Å². The Kier molecular flexibility index (Phi) is 3.85. The summed E-state index contributed by atoms with van der Waals surface area (Å²) in [5, 5.41) is 16.7. The van der Waals surface area contributed by atoms with Crippen molar-refractivity contribution in [2.45, 2.75) is 20.0 Å². The van der Waals surface area contributed by atoms with Crippen LogP contribution in [0.15, 0.2) is 30.5 Å². The third-order valence-electron chi connectivity index (χ3n) is 2.67. The highest BCUT2D eigenvalue weighted by Gasteiger charge is 2.03. The van der Waals surface area contributed by atoms with Crippen molar-refractivity contribution in [1.82, 2.24) is 9.78 Å². The number of nitrogens with one attached hydrogen (secondary N) is 1. The van der Waals surface area contributed by atoms with Gasteiger partial charge in [0.05, 0.1) is 22.8 Å². The standard InChI is InChI=1S/C13H13ClN4/c1-2-18-12(5-6-17-18)9-16-11-4-3-10(8-15)13(14)7-11/h3-7,16H,2,9H2,1H3. The van der Waals surface area contributed by atoms with Crippen LogP contribution in [-0.2, 0) is 13.1 Å². The molecule has 2 rings (SSSR count). The SMILES string of the molecule is CCn1nccc1CNc1ccc(C#N)c(Cl)c1. The molecule has 0 unspecified atom stereocenters.